The molecule has 27 heavy (non-hydrogen) atoms. The first kappa shape index (κ1) is 28.3. The van der Waals surface area contributed by atoms with Crippen LogP contribution in [0, 0.1) is 0 Å². The summed E-state index contributed by atoms with van der Waals surface area (Å²) in [4.78, 5) is 36.4. The summed E-state index contributed by atoms with van der Waals surface area (Å²) in [7, 11) is -9.70. The minimum absolute atomic E-state index is 0.0209. The molecular formula is C12H24Cl4O9P2. The van der Waals surface area contributed by atoms with E-state index in [4.69, 9.17) is 65.5 Å². The summed E-state index contributed by atoms with van der Waals surface area (Å²) in [5.74, 6) is -0.0305. The zero-order valence-electron chi connectivity index (χ0n) is 14.3. The molecule has 0 aromatic heterocycles. The average Bonchev–Trinajstić information content (AvgIpc) is 2.49. The van der Waals surface area contributed by atoms with Crippen LogP contribution < -0.4 is 0 Å². The number of phosphoric acid groups is 2. The van der Waals surface area contributed by atoms with Crippen LogP contribution in [0.1, 0.15) is 25.7 Å². The Morgan fingerprint density at radius 1 is 0.667 bits per heavy atom. The van der Waals surface area contributed by atoms with Gasteiger partial charge in [-0.3, -0.25) is 9.05 Å². The molecule has 0 atom stereocenters. The van der Waals surface area contributed by atoms with E-state index in [0.29, 0.717) is 0 Å². The average molecular weight is 516 g/mol. The van der Waals surface area contributed by atoms with Gasteiger partial charge in [0.1, 0.15) is 11.2 Å². The predicted molar refractivity (Wildman–Crippen MR) is 104 cm³/mol. The minimum atomic E-state index is -5.00. The van der Waals surface area contributed by atoms with Crippen molar-refractivity contribution in [3.8, 4) is 0 Å². The fraction of sp³-hybridized carbons (Fsp3) is 1.00. The van der Waals surface area contributed by atoms with Gasteiger partial charge in [0, 0.05) is 23.5 Å². The predicted octanol–water partition coefficient (Wildman–Crippen LogP) is 3.21. The zero-order chi connectivity index (χ0) is 21.2. The highest BCUT2D eigenvalue weighted by molar-refractivity contribution is 7.46. The SMILES string of the molecule is O=P(O)(O)OCCOC(CCCl)(CCCl)C(CCCl)(CCCl)OP(=O)(O)O. The molecule has 0 saturated carbocycles. The summed E-state index contributed by atoms with van der Waals surface area (Å²) in [5.41, 5.74) is -3.07. The van der Waals surface area contributed by atoms with Gasteiger partial charge in [0.05, 0.1) is 13.2 Å². The van der Waals surface area contributed by atoms with Gasteiger partial charge in [-0.25, -0.2) is 9.13 Å². The van der Waals surface area contributed by atoms with Gasteiger partial charge in [0.25, 0.3) is 0 Å². The van der Waals surface area contributed by atoms with Gasteiger partial charge in [-0.2, -0.15) is 0 Å². The van der Waals surface area contributed by atoms with E-state index in [1.165, 1.54) is 0 Å². The third-order valence-corrected chi connectivity index (χ3v) is 5.70. The molecule has 0 heterocycles. The van der Waals surface area contributed by atoms with Crippen LogP contribution in [0.4, 0.5) is 0 Å². The molecule has 0 aromatic rings. The molecule has 0 spiro atoms. The molecule has 0 bridgehead atoms. The Bertz CT molecular complexity index is 501. The number of hydrogen-bond acceptors (Lipinski definition) is 5. The van der Waals surface area contributed by atoms with Crippen molar-refractivity contribution >= 4 is 62.0 Å². The van der Waals surface area contributed by atoms with Crippen LogP contribution in [0.5, 0.6) is 0 Å². The summed E-state index contributed by atoms with van der Waals surface area (Å²) in [6.07, 6.45) is 0.0367. The lowest BCUT2D eigenvalue weighted by Crippen LogP contribution is -2.58. The Hall–Kier alpha value is 1.34. The molecule has 4 N–H and O–H groups in total. The molecule has 0 aliphatic rings. The third-order valence-electron chi connectivity index (χ3n) is 3.84. The number of rotatable bonds is 16. The van der Waals surface area contributed by atoms with Gasteiger partial charge < -0.3 is 24.3 Å². The number of hydrogen-bond donors (Lipinski definition) is 4. The maximum Gasteiger partial charge on any atom is 0.470 e. The molecule has 0 rings (SSSR count). The van der Waals surface area contributed by atoms with Gasteiger partial charge >= 0.3 is 15.6 Å². The van der Waals surface area contributed by atoms with Crippen molar-refractivity contribution in [2.45, 2.75) is 36.9 Å². The minimum Gasteiger partial charge on any atom is -0.369 e. The summed E-state index contributed by atoms with van der Waals surface area (Å²) >= 11 is 23.5. The number of alkyl halides is 4. The van der Waals surface area contributed by atoms with E-state index in [0.717, 1.165) is 0 Å². The Balaban J connectivity index is 5.92. The molecule has 0 aliphatic carbocycles. The van der Waals surface area contributed by atoms with Gasteiger partial charge in [-0.1, -0.05) is 0 Å². The number of halogens is 4. The first-order chi connectivity index (χ1) is 12.4. The van der Waals surface area contributed by atoms with Crippen LogP contribution in [0.2, 0.25) is 0 Å². The second-order valence-electron chi connectivity index (χ2n) is 5.50. The number of phosphoric ester groups is 2. The van der Waals surface area contributed by atoms with Crippen molar-refractivity contribution in [1.29, 1.82) is 0 Å². The molecule has 0 amide bonds. The van der Waals surface area contributed by atoms with Crippen molar-refractivity contribution in [2.75, 3.05) is 36.7 Å². The molecule has 9 nitrogen and oxygen atoms in total. The molecular weight excluding hydrogens is 492 g/mol. The molecule has 164 valence electrons. The van der Waals surface area contributed by atoms with E-state index in [-0.39, 0.29) is 55.8 Å². The quantitative estimate of drug-likeness (QED) is 0.138. The van der Waals surface area contributed by atoms with E-state index in [1.54, 1.807) is 0 Å². The Morgan fingerprint density at radius 3 is 1.41 bits per heavy atom. The first-order valence-electron chi connectivity index (χ1n) is 7.75. The Kier molecular flexibility index (Phi) is 13.5. The fourth-order valence-electron chi connectivity index (χ4n) is 2.84. The summed E-state index contributed by atoms with van der Waals surface area (Å²) < 4.78 is 37.7. The second kappa shape index (κ2) is 12.9. The van der Waals surface area contributed by atoms with Crippen molar-refractivity contribution < 1.29 is 42.5 Å². The molecule has 0 fully saturated rings. The summed E-state index contributed by atoms with van der Waals surface area (Å²) in [5, 5.41) is 0. The molecule has 15 heteroatoms. The molecule has 0 aromatic carbocycles. The molecule has 0 aliphatic heterocycles. The largest absolute Gasteiger partial charge is 0.470 e. The van der Waals surface area contributed by atoms with Crippen molar-refractivity contribution in [3.63, 3.8) is 0 Å². The van der Waals surface area contributed by atoms with E-state index < -0.39 is 33.5 Å². The van der Waals surface area contributed by atoms with Crippen LogP contribution >= 0.6 is 62.0 Å². The van der Waals surface area contributed by atoms with Crippen LogP contribution in [0.3, 0.4) is 0 Å². The maximum absolute atomic E-state index is 11.6. The van der Waals surface area contributed by atoms with Crippen LogP contribution in [0.25, 0.3) is 0 Å². The van der Waals surface area contributed by atoms with Crippen LogP contribution in [-0.2, 0) is 22.9 Å². The van der Waals surface area contributed by atoms with Crippen LogP contribution in [-0.4, -0.2) is 67.5 Å². The normalized spacial score (nSPS) is 13.9. The molecule has 0 unspecified atom stereocenters. The smallest absolute Gasteiger partial charge is 0.369 e. The third kappa shape index (κ3) is 10.3. The topological polar surface area (TPSA) is 143 Å². The fourth-order valence-corrected chi connectivity index (χ4v) is 5.18. The van der Waals surface area contributed by atoms with E-state index in [1.807, 2.05) is 0 Å². The van der Waals surface area contributed by atoms with Gasteiger partial charge in [0.15, 0.2) is 0 Å². The highest BCUT2D eigenvalue weighted by Gasteiger charge is 2.55. The van der Waals surface area contributed by atoms with Crippen molar-refractivity contribution in [3.05, 3.63) is 0 Å². The highest BCUT2D eigenvalue weighted by Crippen LogP contribution is 2.52. The van der Waals surface area contributed by atoms with E-state index >= 15 is 0 Å². The first-order valence-corrected chi connectivity index (χ1v) is 12.9. The van der Waals surface area contributed by atoms with Crippen LogP contribution in [0.15, 0.2) is 0 Å². The summed E-state index contributed by atoms with van der Waals surface area (Å²) in [6, 6.07) is 0. The molecule has 0 radical (unpaired) electrons. The highest BCUT2D eigenvalue weighted by atomic mass is 35.5. The second-order valence-corrected chi connectivity index (χ2v) is 9.41. The van der Waals surface area contributed by atoms with Crippen molar-refractivity contribution in [1.82, 2.24) is 0 Å². The Morgan fingerprint density at radius 2 is 1.07 bits per heavy atom. The van der Waals surface area contributed by atoms with Gasteiger partial charge in [0.2, 0.25) is 0 Å². The Labute approximate surface area is 178 Å². The zero-order valence-corrected chi connectivity index (χ0v) is 19.1. The number of ether oxygens (including phenoxy) is 1. The lowest BCUT2D eigenvalue weighted by atomic mass is 9.74. The summed E-state index contributed by atoms with van der Waals surface area (Å²) in [6.45, 7) is -0.805. The monoisotopic (exact) mass is 514 g/mol. The lowest BCUT2D eigenvalue weighted by molar-refractivity contribution is -0.186. The van der Waals surface area contributed by atoms with Gasteiger partial charge in [-0.15, -0.1) is 46.4 Å². The standard InChI is InChI=1S/C12H24Cl4O9P2/c13-5-1-11(2-6-14,23-9-10-24-26(17,18)19)12(3-7-15,4-8-16)25-27(20,21)22/h1-10H2,(H2,17,18,19)(H2,20,21,22). The van der Waals surface area contributed by atoms with E-state index in [2.05, 4.69) is 4.52 Å². The van der Waals surface area contributed by atoms with Crippen molar-refractivity contribution in [2.24, 2.45) is 0 Å². The maximum atomic E-state index is 11.6. The van der Waals surface area contributed by atoms with E-state index in [9.17, 15) is 18.9 Å². The molecule has 0 saturated heterocycles. The lowest BCUT2D eigenvalue weighted by Gasteiger charge is -2.49. The van der Waals surface area contributed by atoms with Gasteiger partial charge in [-0.05, 0) is 25.7 Å².